The molecule has 0 aliphatic heterocycles. The molecule has 0 spiro atoms. The van der Waals surface area contributed by atoms with Gasteiger partial charge in [0.15, 0.2) is 0 Å². The first-order chi connectivity index (χ1) is 8.86. The van der Waals surface area contributed by atoms with E-state index in [1.165, 1.54) is 0 Å². The topological polar surface area (TPSA) is 41.5 Å². The summed E-state index contributed by atoms with van der Waals surface area (Å²) in [7, 11) is 1.63. The molecule has 1 unspecified atom stereocenters. The van der Waals surface area contributed by atoms with Crippen molar-refractivity contribution in [3.05, 3.63) is 29.8 Å². The summed E-state index contributed by atoms with van der Waals surface area (Å²) in [5, 5.41) is 13.5. The summed E-state index contributed by atoms with van der Waals surface area (Å²) >= 11 is 0. The molecule has 0 bridgehead atoms. The molecule has 3 nitrogen and oxygen atoms in total. The summed E-state index contributed by atoms with van der Waals surface area (Å²) in [6.07, 6.45) is -0.502. The molecule has 0 saturated carbocycles. The summed E-state index contributed by atoms with van der Waals surface area (Å²) in [4.78, 5) is 0. The molecule has 0 amide bonds. The van der Waals surface area contributed by atoms with Crippen molar-refractivity contribution in [1.82, 2.24) is 5.32 Å². The Hall–Kier alpha value is -1.06. The minimum Gasteiger partial charge on any atom is -0.497 e. The standard InChI is InChI=1S/C16H27NO2/c1-12(2)16(3,4)11-17-10-15(18)13-7-6-8-14(9-13)19-5/h6-9,12,15,17-18H,10-11H2,1-5H3. The maximum atomic E-state index is 10.2. The zero-order valence-corrected chi connectivity index (χ0v) is 12.7. The summed E-state index contributed by atoms with van der Waals surface area (Å²) in [5.74, 6) is 1.38. The third kappa shape index (κ3) is 4.84. The average molecular weight is 265 g/mol. The van der Waals surface area contributed by atoms with Gasteiger partial charge >= 0.3 is 0 Å². The van der Waals surface area contributed by atoms with Crippen LogP contribution in [0.15, 0.2) is 24.3 Å². The molecule has 0 radical (unpaired) electrons. The van der Waals surface area contributed by atoms with Gasteiger partial charge in [-0.15, -0.1) is 0 Å². The fourth-order valence-electron chi connectivity index (χ4n) is 1.70. The van der Waals surface area contributed by atoms with Crippen LogP contribution >= 0.6 is 0 Å². The maximum Gasteiger partial charge on any atom is 0.119 e. The predicted octanol–water partition coefficient (Wildman–Crippen LogP) is 3.00. The predicted molar refractivity (Wildman–Crippen MR) is 79.4 cm³/mol. The Morgan fingerprint density at radius 2 is 2.00 bits per heavy atom. The lowest BCUT2D eigenvalue weighted by atomic mass is 9.81. The highest BCUT2D eigenvalue weighted by Gasteiger charge is 2.22. The molecular weight excluding hydrogens is 238 g/mol. The number of rotatable bonds is 7. The van der Waals surface area contributed by atoms with Crippen LogP contribution in [0.5, 0.6) is 5.75 Å². The van der Waals surface area contributed by atoms with E-state index in [1.807, 2.05) is 24.3 Å². The number of ether oxygens (including phenoxy) is 1. The van der Waals surface area contributed by atoms with Crippen LogP contribution in [0.2, 0.25) is 0 Å². The number of aliphatic hydroxyl groups excluding tert-OH is 1. The third-order valence-electron chi connectivity index (χ3n) is 3.96. The van der Waals surface area contributed by atoms with Gasteiger partial charge in [0, 0.05) is 13.1 Å². The lowest BCUT2D eigenvalue weighted by Gasteiger charge is -2.30. The van der Waals surface area contributed by atoms with E-state index >= 15 is 0 Å². The summed E-state index contributed by atoms with van der Waals surface area (Å²) in [5.41, 5.74) is 1.11. The Morgan fingerprint density at radius 1 is 1.32 bits per heavy atom. The molecule has 1 aromatic rings. The van der Waals surface area contributed by atoms with E-state index in [-0.39, 0.29) is 5.41 Å². The van der Waals surface area contributed by atoms with Crippen molar-refractivity contribution in [2.45, 2.75) is 33.8 Å². The van der Waals surface area contributed by atoms with E-state index in [0.29, 0.717) is 12.5 Å². The van der Waals surface area contributed by atoms with Gasteiger partial charge in [0.2, 0.25) is 0 Å². The van der Waals surface area contributed by atoms with E-state index in [0.717, 1.165) is 17.9 Å². The van der Waals surface area contributed by atoms with Gasteiger partial charge in [-0.1, -0.05) is 39.8 Å². The summed E-state index contributed by atoms with van der Waals surface area (Å²) < 4.78 is 5.16. The molecule has 0 heterocycles. The van der Waals surface area contributed by atoms with E-state index < -0.39 is 6.10 Å². The van der Waals surface area contributed by atoms with Crippen LogP contribution in [0.25, 0.3) is 0 Å². The molecule has 0 aromatic heterocycles. The minimum atomic E-state index is -0.502. The zero-order valence-electron chi connectivity index (χ0n) is 12.7. The second-order valence-electron chi connectivity index (χ2n) is 6.07. The van der Waals surface area contributed by atoms with Gasteiger partial charge in [-0.3, -0.25) is 0 Å². The van der Waals surface area contributed by atoms with Crippen molar-refractivity contribution >= 4 is 0 Å². The molecule has 2 N–H and O–H groups in total. The van der Waals surface area contributed by atoms with E-state index in [2.05, 4.69) is 33.0 Å². The Bertz CT molecular complexity index is 388. The van der Waals surface area contributed by atoms with Crippen molar-refractivity contribution in [3.63, 3.8) is 0 Å². The van der Waals surface area contributed by atoms with Crippen molar-refractivity contribution in [2.24, 2.45) is 11.3 Å². The number of hydrogen-bond acceptors (Lipinski definition) is 3. The smallest absolute Gasteiger partial charge is 0.119 e. The molecule has 3 heteroatoms. The highest BCUT2D eigenvalue weighted by Crippen LogP contribution is 2.25. The fourth-order valence-corrected chi connectivity index (χ4v) is 1.70. The molecule has 1 aromatic carbocycles. The second kappa shape index (κ2) is 6.92. The number of hydrogen-bond donors (Lipinski definition) is 2. The van der Waals surface area contributed by atoms with E-state index in [9.17, 15) is 5.11 Å². The van der Waals surface area contributed by atoms with Crippen LogP contribution in [0.4, 0.5) is 0 Å². The van der Waals surface area contributed by atoms with Crippen LogP contribution in [-0.4, -0.2) is 25.3 Å². The molecular formula is C16H27NO2. The molecule has 1 atom stereocenters. The highest BCUT2D eigenvalue weighted by atomic mass is 16.5. The van der Waals surface area contributed by atoms with Crippen LogP contribution in [0.3, 0.4) is 0 Å². The minimum absolute atomic E-state index is 0.230. The molecule has 0 fully saturated rings. The van der Waals surface area contributed by atoms with Crippen LogP contribution in [0.1, 0.15) is 39.4 Å². The van der Waals surface area contributed by atoms with Crippen LogP contribution < -0.4 is 10.1 Å². The monoisotopic (exact) mass is 265 g/mol. The first-order valence-corrected chi connectivity index (χ1v) is 6.89. The lowest BCUT2D eigenvalue weighted by Crippen LogP contribution is -2.35. The molecule has 0 saturated heterocycles. The van der Waals surface area contributed by atoms with Crippen molar-refractivity contribution in [1.29, 1.82) is 0 Å². The largest absolute Gasteiger partial charge is 0.497 e. The van der Waals surface area contributed by atoms with E-state index in [1.54, 1.807) is 7.11 Å². The third-order valence-corrected chi connectivity index (χ3v) is 3.96. The van der Waals surface area contributed by atoms with Gasteiger partial charge < -0.3 is 15.2 Å². The Kier molecular flexibility index (Phi) is 5.83. The van der Waals surface area contributed by atoms with Gasteiger partial charge in [0.25, 0.3) is 0 Å². The zero-order chi connectivity index (χ0) is 14.5. The van der Waals surface area contributed by atoms with Gasteiger partial charge in [-0.2, -0.15) is 0 Å². The van der Waals surface area contributed by atoms with Gasteiger partial charge in [-0.05, 0) is 29.0 Å². The van der Waals surface area contributed by atoms with Crippen molar-refractivity contribution < 1.29 is 9.84 Å². The normalized spacial score (nSPS) is 13.6. The van der Waals surface area contributed by atoms with Crippen molar-refractivity contribution in [3.8, 4) is 5.75 Å². The molecule has 19 heavy (non-hydrogen) atoms. The number of nitrogens with one attached hydrogen (secondary N) is 1. The summed E-state index contributed by atoms with van der Waals surface area (Å²) in [6, 6.07) is 7.57. The quantitative estimate of drug-likeness (QED) is 0.796. The molecule has 108 valence electrons. The van der Waals surface area contributed by atoms with Gasteiger partial charge in [0.1, 0.15) is 5.75 Å². The lowest BCUT2D eigenvalue weighted by molar-refractivity contribution is 0.160. The molecule has 0 aliphatic carbocycles. The summed E-state index contributed by atoms with van der Waals surface area (Å²) in [6.45, 7) is 10.4. The maximum absolute atomic E-state index is 10.2. The van der Waals surface area contributed by atoms with Crippen molar-refractivity contribution in [2.75, 3.05) is 20.2 Å². The van der Waals surface area contributed by atoms with Gasteiger partial charge in [-0.25, -0.2) is 0 Å². The van der Waals surface area contributed by atoms with Crippen LogP contribution in [-0.2, 0) is 0 Å². The highest BCUT2D eigenvalue weighted by molar-refractivity contribution is 5.29. The van der Waals surface area contributed by atoms with Gasteiger partial charge in [0.05, 0.1) is 13.2 Å². The number of methoxy groups -OCH3 is 1. The Morgan fingerprint density at radius 3 is 2.58 bits per heavy atom. The Labute approximate surface area is 117 Å². The fraction of sp³-hybridized carbons (Fsp3) is 0.625. The van der Waals surface area contributed by atoms with Crippen LogP contribution in [0, 0.1) is 11.3 Å². The second-order valence-corrected chi connectivity index (χ2v) is 6.07. The molecule has 0 aliphatic rings. The SMILES string of the molecule is COc1cccc(C(O)CNCC(C)(C)C(C)C)c1. The Balaban J connectivity index is 2.49. The first-order valence-electron chi connectivity index (χ1n) is 6.89. The number of aliphatic hydroxyl groups is 1. The average Bonchev–Trinajstić information content (AvgIpc) is 2.38. The number of benzene rings is 1. The first kappa shape index (κ1) is 16.0. The molecule has 1 rings (SSSR count). The van der Waals surface area contributed by atoms with E-state index in [4.69, 9.17) is 4.74 Å².